The molecule has 2 aromatic carbocycles. The molecule has 2 aromatic rings. The molecular formula is C26H34ClN3O4S. The predicted molar refractivity (Wildman–Crippen MR) is 140 cm³/mol. The maximum Gasteiger partial charge on any atom is 0.244 e. The number of hydrogen-bond donors (Lipinski definition) is 1. The number of carbonyl (C=O) groups excluding carboxylic acids is 2. The number of aryl methyl sites for hydroxylation is 1. The van der Waals surface area contributed by atoms with Crippen LogP contribution in [0.4, 0.5) is 5.69 Å². The van der Waals surface area contributed by atoms with Crippen molar-refractivity contribution in [2.75, 3.05) is 17.1 Å². The summed E-state index contributed by atoms with van der Waals surface area (Å²) in [6, 6.07) is 13.4. The third-order valence-electron chi connectivity index (χ3n) is 6.42. The fraction of sp³-hybridized carbons (Fsp3) is 0.462. The van der Waals surface area contributed by atoms with Crippen LogP contribution in [0.2, 0.25) is 5.02 Å². The molecular weight excluding hydrogens is 486 g/mol. The highest BCUT2D eigenvalue weighted by atomic mass is 35.5. The summed E-state index contributed by atoms with van der Waals surface area (Å²) in [7, 11) is -3.75. The van der Waals surface area contributed by atoms with Crippen LogP contribution in [-0.4, -0.2) is 50.0 Å². The summed E-state index contributed by atoms with van der Waals surface area (Å²) in [6.45, 7) is 3.19. The van der Waals surface area contributed by atoms with Crippen molar-refractivity contribution >= 4 is 39.1 Å². The van der Waals surface area contributed by atoms with E-state index in [1.165, 1.54) is 11.3 Å². The van der Waals surface area contributed by atoms with Crippen LogP contribution in [0.5, 0.6) is 0 Å². The largest absolute Gasteiger partial charge is 0.352 e. The zero-order valence-corrected chi connectivity index (χ0v) is 22.1. The van der Waals surface area contributed by atoms with E-state index in [1.807, 2.05) is 12.1 Å². The smallest absolute Gasteiger partial charge is 0.244 e. The van der Waals surface area contributed by atoms with E-state index in [4.69, 9.17) is 11.6 Å². The molecule has 0 saturated heterocycles. The summed E-state index contributed by atoms with van der Waals surface area (Å²) in [5, 5.41) is 3.61. The average molecular weight is 520 g/mol. The van der Waals surface area contributed by atoms with Crippen molar-refractivity contribution in [3.63, 3.8) is 0 Å². The summed E-state index contributed by atoms with van der Waals surface area (Å²) in [5.41, 5.74) is 1.92. The van der Waals surface area contributed by atoms with Crippen LogP contribution in [0.25, 0.3) is 0 Å². The van der Waals surface area contributed by atoms with E-state index in [0.717, 1.165) is 47.4 Å². The molecule has 190 valence electrons. The lowest BCUT2D eigenvalue weighted by Gasteiger charge is -2.33. The second-order valence-electron chi connectivity index (χ2n) is 9.23. The fourth-order valence-corrected chi connectivity index (χ4v) is 5.54. The molecule has 1 saturated carbocycles. The Kier molecular flexibility index (Phi) is 9.19. The van der Waals surface area contributed by atoms with Gasteiger partial charge in [0.2, 0.25) is 21.8 Å². The topological polar surface area (TPSA) is 86.8 Å². The zero-order chi connectivity index (χ0) is 25.6. The Morgan fingerprint density at radius 2 is 1.77 bits per heavy atom. The number of amides is 2. The second-order valence-corrected chi connectivity index (χ2v) is 11.6. The molecule has 35 heavy (non-hydrogen) atoms. The van der Waals surface area contributed by atoms with Gasteiger partial charge in [0.25, 0.3) is 0 Å². The first-order valence-corrected chi connectivity index (χ1v) is 14.2. The van der Waals surface area contributed by atoms with E-state index < -0.39 is 28.5 Å². The molecule has 2 amide bonds. The Morgan fingerprint density at radius 3 is 2.40 bits per heavy atom. The number of carbonyl (C=O) groups is 2. The van der Waals surface area contributed by atoms with Gasteiger partial charge in [0.1, 0.15) is 12.6 Å². The van der Waals surface area contributed by atoms with Gasteiger partial charge in [-0.3, -0.25) is 13.9 Å². The van der Waals surface area contributed by atoms with E-state index in [2.05, 4.69) is 5.32 Å². The first kappa shape index (κ1) is 27.0. The van der Waals surface area contributed by atoms with Gasteiger partial charge >= 0.3 is 0 Å². The minimum Gasteiger partial charge on any atom is -0.352 e. The van der Waals surface area contributed by atoms with Crippen LogP contribution in [-0.2, 0) is 26.2 Å². The molecule has 0 bridgehead atoms. The lowest BCUT2D eigenvalue weighted by molar-refractivity contribution is -0.139. The maximum atomic E-state index is 13.6. The molecule has 1 N–H and O–H groups in total. The molecule has 1 aliphatic rings. The number of sulfonamides is 1. The van der Waals surface area contributed by atoms with E-state index in [0.29, 0.717) is 10.7 Å². The minimum absolute atomic E-state index is 0.0984. The van der Waals surface area contributed by atoms with Gasteiger partial charge in [0.05, 0.1) is 11.9 Å². The number of halogens is 1. The van der Waals surface area contributed by atoms with Crippen molar-refractivity contribution < 1.29 is 18.0 Å². The van der Waals surface area contributed by atoms with Crippen molar-refractivity contribution in [2.24, 2.45) is 0 Å². The van der Waals surface area contributed by atoms with Gasteiger partial charge in [-0.05, 0) is 56.0 Å². The van der Waals surface area contributed by atoms with E-state index >= 15 is 0 Å². The third-order valence-corrected chi connectivity index (χ3v) is 7.79. The van der Waals surface area contributed by atoms with Crippen molar-refractivity contribution in [3.05, 3.63) is 64.7 Å². The molecule has 0 spiro atoms. The van der Waals surface area contributed by atoms with Gasteiger partial charge in [0.15, 0.2) is 0 Å². The molecule has 1 fully saturated rings. The van der Waals surface area contributed by atoms with Gasteiger partial charge in [-0.25, -0.2) is 8.42 Å². The van der Waals surface area contributed by atoms with Crippen molar-refractivity contribution in [2.45, 2.75) is 64.6 Å². The number of hydrogen-bond acceptors (Lipinski definition) is 4. The SMILES string of the molecule is Cc1ccccc1N(CC(=O)N(Cc1cccc(Cl)c1)[C@H](C)C(=O)NC1CCCCC1)S(C)(=O)=O. The summed E-state index contributed by atoms with van der Waals surface area (Å²) >= 11 is 6.15. The van der Waals surface area contributed by atoms with Gasteiger partial charge in [-0.2, -0.15) is 0 Å². The third kappa shape index (κ3) is 7.45. The molecule has 0 heterocycles. The molecule has 0 radical (unpaired) electrons. The standard InChI is InChI=1S/C26H34ClN3O4S/c1-19-10-7-8-15-24(19)30(35(3,33)34)18-25(31)29(17-21-11-9-12-22(27)16-21)20(2)26(32)28-23-13-5-4-6-14-23/h7-12,15-16,20,23H,4-6,13-14,17-18H2,1-3H3,(H,28,32)/t20-/m1/s1. The van der Waals surface area contributed by atoms with E-state index in [1.54, 1.807) is 50.2 Å². The second kappa shape index (κ2) is 11.9. The van der Waals surface area contributed by atoms with Gasteiger partial charge in [-0.15, -0.1) is 0 Å². The van der Waals surface area contributed by atoms with Crippen LogP contribution in [0, 0.1) is 6.92 Å². The van der Waals surface area contributed by atoms with Crippen molar-refractivity contribution in [3.8, 4) is 0 Å². The Morgan fingerprint density at radius 1 is 1.09 bits per heavy atom. The normalized spacial score (nSPS) is 15.3. The molecule has 0 aliphatic heterocycles. The number of nitrogens with one attached hydrogen (secondary N) is 1. The van der Waals surface area contributed by atoms with Crippen LogP contribution in [0.3, 0.4) is 0 Å². The molecule has 7 nitrogen and oxygen atoms in total. The molecule has 9 heteroatoms. The average Bonchev–Trinajstić information content (AvgIpc) is 2.81. The highest BCUT2D eigenvalue weighted by Gasteiger charge is 2.31. The first-order valence-electron chi connectivity index (χ1n) is 11.9. The van der Waals surface area contributed by atoms with Gasteiger partial charge in [-0.1, -0.05) is 61.2 Å². The molecule has 3 rings (SSSR count). The number of rotatable bonds is 9. The highest BCUT2D eigenvalue weighted by Crippen LogP contribution is 2.23. The summed E-state index contributed by atoms with van der Waals surface area (Å²) in [5.74, 6) is -0.709. The lowest BCUT2D eigenvalue weighted by Crippen LogP contribution is -2.53. The van der Waals surface area contributed by atoms with Crippen LogP contribution in [0.1, 0.15) is 50.2 Å². The monoisotopic (exact) mass is 519 g/mol. The quantitative estimate of drug-likeness (QED) is 0.535. The summed E-state index contributed by atoms with van der Waals surface area (Å²) in [4.78, 5) is 28.2. The van der Waals surface area contributed by atoms with Gasteiger partial charge < -0.3 is 10.2 Å². The highest BCUT2D eigenvalue weighted by molar-refractivity contribution is 7.92. The maximum absolute atomic E-state index is 13.6. The zero-order valence-electron chi connectivity index (χ0n) is 20.5. The van der Waals surface area contributed by atoms with Crippen molar-refractivity contribution in [1.82, 2.24) is 10.2 Å². The Bertz CT molecular complexity index is 1150. The van der Waals surface area contributed by atoms with Gasteiger partial charge in [0, 0.05) is 17.6 Å². The fourth-order valence-electron chi connectivity index (χ4n) is 4.42. The number of nitrogens with zero attached hydrogens (tertiary/aromatic N) is 2. The molecule has 0 unspecified atom stereocenters. The van der Waals surface area contributed by atoms with Crippen molar-refractivity contribution in [1.29, 1.82) is 0 Å². The Balaban J connectivity index is 1.88. The van der Waals surface area contributed by atoms with Crippen LogP contribution >= 0.6 is 11.6 Å². The first-order chi connectivity index (χ1) is 16.6. The van der Waals surface area contributed by atoms with Crippen LogP contribution in [0.15, 0.2) is 48.5 Å². The summed E-state index contributed by atoms with van der Waals surface area (Å²) in [6.07, 6.45) is 6.24. The Hall–Kier alpha value is -2.58. The lowest BCUT2D eigenvalue weighted by atomic mass is 9.95. The number of benzene rings is 2. The predicted octanol–water partition coefficient (Wildman–Crippen LogP) is 4.28. The molecule has 1 atom stereocenters. The van der Waals surface area contributed by atoms with E-state index in [-0.39, 0.29) is 18.5 Å². The number of anilines is 1. The summed E-state index contributed by atoms with van der Waals surface area (Å²) < 4.78 is 26.4. The minimum atomic E-state index is -3.75. The molecule has 1 aliphatic carbocycles. The Labute approximate surface area is 213 Å². The molecule has 0 aromatic heterocycles. The van der Waals surface area contributed by atoms with Crippen LogP contribution < -0.4 is 9.62 Å². The number of para-hydroxylation sites is 1. The van der Waals surface area contributed by atoms with E-state index in [9.17, 15) is 18.0 Å².